The lowest BCUT2D eigenvalue weighted by Gasteiger charge is -2.34. The highest BCUT2D eigenvalue weighted by atomic mass is 16.7. The Morgan fingerprint density at radius 1 is 1.04 bits per heavy atom. The van der Waals surface area contributed by atoms with Gasteiger partial charge in [-0.05, 0) is 42.2 Å². The summed E-state index contributed by atoms with van der Waals surface area (Å²) in [5.41, 5.74) is 4.78. The van der Waals surface area contributed by atoms with Crippen molar-refractivity contribution in [2.24, 2.45) is 0 Å². The molecule has 0 amide bonds. The third-order valence-electron chi connectivity index (χ3n) is 5.11. The van der Waals surface area contributed by atoms with Gasteiger partial charge in [0.1, 0.15) is 5.75 Å². The third-order valence-corrected chi connectivity index (χ3v) is 5.11. The van der Waals surface area contributed by atoms with E-state index >= 15 is 0 Å². The molecule has 1 unspecified atom stereocenters. The largest absolute Gasteiger partial charge is 0.508 e. The second-order valence-corrected chi connectivity index (χ2v) is 6.61. The Morgan fingerprint density at radius 2 is 1.80 bits per heavy atom. The van der Waals surface area contributed by atoms with Crippen LogP contribution in [0.5, 0.6) is 17.2 Å². The Morgan fingerprint density at radius 3 is 2.60 bits per heavy atom. The first-order valence-electron chi connectivity index (χ1n) is 8.46. The number of carbonyl (C=O) groups excluding carboxylic acids is 1. The van der Waals surface area contributed by atoms with Crippen LogP contribution in [0.4, 0.5) is 5.69 Å². The average Bonchev–Trinajstić information content (AvgIpc) is 3.06. The Bertz CT molecular complexity index is 914. The van der Waals surface area contributed by atoms with E-state index in [-0.39, 0.29) is 24.2 Å². The van der Waals surface area contributed by atoms with E-state index < -0.39 is 0 Å². The molecular formula is C20H17NO4. The van der Waals surface area contributed by atoms with Crippen LogP contribution in [-0.4, -0.2) is 17.7 Å². The normalized spacial score (nSPS) is 20.8. The molecule has 2 aromatic rings. The van der Waals surface area contributed by atoms with E-state index in [1.807, 2.05) is 24.3 Å². The number of benzene rings is 2. The fourth-order valence-corrected chi connectivity index (χ4v) is 3.96. The molecule has 25 heavy (non-hydrogen) atoms. The van der Waals surface area contributed by atoms with Crippen molar-refractivity contribution < 1.29 is 19.4 Å². The minimum absolute atomic E-state index is 0.158. The number of aromatic hydroxyl groups is 1. The monoisotopic (exact) mass is 335 g/mol. The number of rotatable bonds is 1. The highest BCUT2D eigenvalue weighted by Crippen LogP contribution is 2.49. The second kappa shape index (κ2) is 5.28. The van der Waals surface area contributed by atoms with Crippen molar-refractivity contribution in [1.29, 1.82) is 0 Å². The van der Waals surface area contributed by atoms with Gasteiger partial charge in [-0.1, -0.05) is 12.1 Å². The molecule has 2 heterocycles. The van der Waals surface area contributed by atoms with Crippen molar-refractivity contribution in [2.45, 2.75) is 25.2 Å². The van der Waals surface area contributed by atoms with Crippen LogP contribution in [-0.2, 0) is 4.79 Å². The zero-order valence-electron chi connectivity index (χ0n) is 13.5. The summed E-state index contributed by atoms with van der Waals surface area (Å²) in [6.45, 7) is 0.216. The van der Waals surface area contributed by atoms with Gasteiger partial charge in [0.05, 0.1) is 0 Å². The molecule has 3 aliphatic rings. The number of fused-ring (bicyclic) bond motifs is 2. The first kappa shape index (κ1) is 14.4. The van der Waals surface area contributed by atoms with Gasteiger partial charge in [0.25, 0.3) is 0 Å². The van der Waals surface area contributed by atoms with Gasteiger partial charge in [-0.15, -0.1) is 0 Å². The molecule has 0 spiro atoms. The summed E-state index contributed by atoms with van der Waals surface area (Å²) in [6.07, 6.45) is 2.31. The van der Waals surface area contributed by atoms with Gasteiger partial charge in [0.15, 0.2) is 17.3 Å². The van der Waals surface area contributed by atoms with Crippen LogP contribution in [0.3, 0.4) is 0 Å². The predicted molar refractivity (Wildman–Crippen MR) is 92.0 cm³/mol. The maximum absolute atomic E-state index is 12.7. The van der Waals surface area contributed by atoms with Gasteiger partial charge >= 0.3 is 0 Å². The fourth-order valence-electron chi connectivity index (χ4n) is 3.96. The predicted octanol–water partition coefficient (Wildman–Crippen LogP) is 3.69. The molecule has 2 aliphatic heterocycles. The molecule has 0 aromatic heterocycles. The number of ether oxygens (including phenoxy) is 2. The van der Waals surface area contributed by atoms with Crippen LogP contribution in [0.2, 0.25) is 0 Å². The Kier molecular flexibility index (Phi) is 3.04. The molecule has 2 N–H and O–H groups in total. The molecule has 0 saturated carbocycles. The zero-order chi connectivity index (χ0) is 17.0. The van der Waals surface area contributed by atoms with Crippen molar-refractivity contribution in [3.8, 4) is 17.2 Å². The molecule has 0 bridgehead atoms. The molecule has 5 rings (SSSR count). The lowest BCUT2D eigenvalue weighted by molar-refractivity contribution is -0.116. The molecular weight excluding hydrogens is 318 g/mol. The number of allylic oxidation sites excluding steroid dienone is 2. The number of carbonyl (C=O) groups is 1. The fraction of sp³-hybridized carbons (Fsp3) is 0.250. The van der Waals surface area contributed by atoms with Gasteiger partial charge in [-0.3, -0.25) is 4.79 Å². The number of phenols is 1. The van der Waals surface area contributed by atoms with Crippen molar-refractivity contribution in [1.82, 2.24) is 0 Å². The number of Topliss-reactive ketones (excluding diaryl/α,β-unsaturated/α-hetero) is 1. The third kappa shape index (κ3) is 2.19. The molecule has 2 aromatic carbocycles. The van der Waals surface area contributed by atoms with Crippen molar-refractivity contribution in [3.05, 3.63) is 58.8 Å². The highest BCUT2D eigenvalue weighted by Gasteiger charge is 2.36. The number of hydrogen-bond donors (Lipinski definition) is 2. The number of anilines is 1. The van der Waals surface area contributed by atoms with Crippen molar-refractivity contribution >= 4 is 11.5 Å². The van der Waals surface area contributed by atoms with E-state index in [0.717, 1.165) is 46.7 Å². The maximum Gasteiger partial charge on any atom is 0.231 e. The van der Waals surface area contributed by atoms with E-state index in [4.69, 9.17) is 9.47 Å². The standard InChI is InChI=1S/C20H17NO4/c22-12-6-4-11(5-7-12)19-13-8-17-18(25-10-24-17)9-15(13)21-14-2-1-3-16(23)20(14)19/h4-9,19,21-22H,1-3,10H2. The Balaban J connectivity index is 1.73. The van der Waals surface area contributed by atoms with E-state index in [1.54, 1.807) is 12.1 Å². The Hall–Kier alpha value is -2.95. The van der Waals surface area contributed by atoms with Crippen LogP contribution in [0.25, 0.3) is 0 Å². The molecule has 0 saturated heterocycles. The Labute approximate surface area is 144 Å². The van der Waals surface area contributed by atoms with Crippen LogP contribution in [0.1, 0.15) is 36.3 Å². The summed E-state index contributed by atoms with van der Waals surface area (Å²) < 4.78 is 11.0. The number of phenolic OH excluding ortho intramolecular Hbond substituents is 1. The van der Waals surface area contributed by atoms with E-state index in [2.05, 4.69) is 5.32 Å². The second-order valence-electron chi connectivity index (χ2n) is 6.61. The molecule has 5 nitrogen and oxygen atoms in total. The zero-order valence-corrected chi connectivity index (χ0v) is 13.5. The van der Waals surface area contributed by atoms with Crippen LogP contribution >= 0.6 is 0 Å². The van der Waals surface area contributed by atoms with E-state index in [1.165, 1.54) is 0 Å². The lowest BCUT2D eigenvalue weighted by Crippen LogP contribution is -2.26. The molecule has 5 heteroatoms. The highest BCUT2D eigenvalue weighted by molar-refractivity contribution is 6.01. The number of nitrogens with one attached hydrogen (secondary N) is 1. The molecule has 1 aliphatic carbocycles. The summed E-state index contributed by atoms with van der Waals surface area (Å²) in [6, 6.07) is 11.0. The van der Waals surface area contributed by atoms with Gasteiger partial charge in [0.2, 0.25) is 6.79 Å². The molecule has 0 radical (unpaired) electrons. The number of hydrogen-bond acceptors (Lipinski definition) is 5. The van der Waals surface area contributed by atoms with E-state index in [0.29, 0.717) is 12.2 Å². The minimum Gasteiger partial charge on any atom is -0.508 e. The average molecular weight is 335 g/mol. The number of ketones is 1. The van der Waals surface area contributed by atoms with Gasteiger partial charge in [-0.2, -0.15) is 0 Å². The summed E-state index contributed by atoms with van der Waals surface area (Å²) in [5.74, 6) is 1.68. The topological polar surface area (TPSA) is 67.8 Å². The van der Waals surface area contributed by atoms with Crippen LogP contribution < -0.4 is 14.8 Å². The minimum atomic E-state index is -0.158. The quantitative estimate of drug-likeness (QED) is 0.832. The van der Waals surface area contributed by atoms with Crippen molar-refractivity contribution in [2.75, 3.05) is 12.1 Å². The van der Waals surface area contributed by atoms with Gasteiger partial charge in [0, 0.05) is 35.4 Å². The summed E-state index contributed by atoms with van der Waals surface area (Å²) in [5, 5.41) is 13.1. The van der Waals surface area contributed by atoms with Gasteiger partial charge in [-0.25, -0.2) is 0 Å². The van der Waals surface area contributed by atoms with Gasteiger partial charge < -0.3 is 19.9 Å². The molecule has 1 atom stereocenters. The SMILES string of the molecule is O=C1CCCC2=C1C(c1ccc(O)cc1)c1cc3c(cc1N2)OCO3. The summed E-state index contributed by atoms with van der Waals surface area (Å²) >= 11 is 0. The van der Waals surface area contributed by atoms with Crippen molar-refractivity contribution in [3.63, 3.8) is 0 Å². The van der Waals surface area contributed by atoms with E-state index in [9.17, 15) is 9.90 Å². The molecule has 126 valence electrons. The first-order valence-corrected chi connectivity index (χ1v) is 8.46. The lowest BCUT2D eigenvalue weighted by atomic mass is 9.75. The molecule has 0 fully saturated rings. The summed E-state index contributed by atoms with van der Waals surface area (Å²) in [4.78, 5) is 12.7. The summed E-state index contributed by atoms with van der Waals surface area (Å²) in [7, 11) is 0. The smallest absolute Gasteiger partial charge is 0.231 e. The maximum atomic E-state index is 12.7. The van der Waals surface area contributed by atoms with Crippen LogP contribution in [0, 0.1) is 0 Å². The first-order chi connectivity index (χ1) is 12.2. The van der Waals surface area contributed by atoms with Crippen LogP contribution in [0.15, 0.2) is 47.7 Å².